The van der Waals surface area contributed by atoms with Crippen LogP contribution >= 0.6 is 23.1 Å². The molecule has 0 atom stereocenters. The lowest BCUT2D eigenvalue weighted by molar-refractivity contribution is 0.530. The number of rotatable bonds is 7. The van der Waals surface area contributed by atoms with Gasteiger partial charge in [-0.25, -0.2) is 9.97 Å². The molecule has 0 saturated carbocycles. The highest BCUT2D eigenvalue weighted by Gasteiger charge is 2.15. The summed E-state index contributed by atoms with van der Waals surface area (Å²) in [5, 5.41) is 4.64. The van der Waals surface area contributed by atoms with Gasteiger partial charge in [-0.1, -0.05) is 0 Å². The molecule has 138 valence electrons. The number of anilines is 1. The zero-order chi connectivity index (χ0) is 18.6. The van der Waals surface area contributed by atoms with Gasteiger partial charge in [0.05, 0.1) is 17.4 Å². The van der Waals surface area contributed by atoms with Gasteiger partial charge in [0.25, 0.3) is 0 Å². The first-order chi connectivity index (χ1) is 13.2. The first kappa shape index (κ1) is 18.0. The van der Waals surface area contributed by atoms with Gasteiger partial charge in [-0.2, -0.15) is 11.8 Å². The van der Waals surface area contributed by atoms with Crippen molar-refractivity contribution in [2.45, 2.75) is 19.6 Å². The van der Waals surface area contributed by atoms with Gasteiger partial charge in [0.2, 0.25) is 0 Å². The molecule has 27 heavy (non-hydrogen) atoms. The van der Waals surface area contributed by atoms with Crippen molar-refractivity contribution in [2.75, 3.05) is 17.6 Å². The number of nitrogens with zero attached hydrogens (tertiary/aromatic N) is 3. The van der Waals surface area contributed by atoms with Crippen LogP contribution in [0.2, 0.25) is 0 Å². The van der Waals surface area contributed by atoms with Gasteiger partial charge in [-0.15, -0.1) is 11.3 Å². The Balaban J connectivity index is 1.54. The molecule has 0 aliphatic carbocycles. The highest BCUT2D eigenvalue weighted by Crippen LogP contribution is 2.34. The normalized spacial score (nSPS) is 11.2. The van der Waals surface area contributed by atoms with Gasteiger partial charge in [0.15, 0.2) is 5.82 Å². The van der Waals surface area contributed by atoms with Crippen LogP contribution in [0.3, 0.4) is 0 Å². The third-order valence-corrected chi connectivity index (χ3v) is 6.39. The van der Waals surface area contributed by atoms with Gasteiger partial charge < -0.3 is 9.73 Å². The zero-order valence-electron chi connectivity index (χ0n) is 15.2. The summed E-state index contributed by atoms with van der Waals surface area (Å²) in [4.78, 5) is 16.1. The summed E-state index contributed by atoms with van der Waals surface area (Å²) in [6, 6.07) is 7.83. The largest absolute Gasteiger partial charge is 0.468 e. The second kappa shape index (κ2) is 8.10. The number of furan rings is 1. The lowest BCUT2D eigenvalue weighted by atomic mass is 10.2. The Labute approximate surface area is 166 Å². The lowest BCUT2D eigenvalue weighted by Gasteiger charge is -2.09. The number of pyridine rings is 1. The smallest absolute Gasteiger partial charge is 0.164 e. The minimum atomic E-state index is 0.711. The van der Waals surface area contributed by atoms with Crippen molar-refractivity contribution in [1.29, 1.82) is 0 Å². The summed E-state index contributed by atoms with van der Waals surface area (Å²) in [6.07, 6.45) is 5.28. The second-order valence-corrected chi connectivity index (χ2v) is 8.47. The molecule has 0 radical (unpaired) electrons. The highest BCUT2D eigenvalue weighted by atomic mass is 32.2. The molecular formula is C20H20N4OS2. The van der Waals surface area contributed by atoms with E-state index in [4.69, 9.17) is 14.4 Å². The van der Waals surface area contributed by atoms with Crippen LogP contribution < -0.4 is 5.32 Å². The van der Waals surface area contributed by atoms with E-state index in [9.17, 15) is 0 Å². The predicted molar refractivity (Wildman–Crippen MR) is 113 cm³/mol. The summed E-state index contributed by atoms with van der Waals surface area (Å²) in [6.45, 7) is 5.10. The molecule has 4 aromatic heterocycles. The quantitative estimate of drug-likeness (QED) is 0.427. The monoisotopic (exact) mass is 396 g/mol. The van der Waals surface area contributed by atoms with E-state index in [1.807, 2.05) is 36.0 Å². The molecule has 0 spiro atoms. The molecule has 1 N–H and O–H groups in total. The number of hydrogen-bond acceptors (Lipinski definition) is 7. The van der Waals surface area contributed by atoms with Crippen LogP contribution in [-0.4, -0.2) is 27.2 Å². The number of thiophene rings is 1. The van der Waals surface area contributed by atoms with Crippen molar-refractivity contribution >= 4 is 39.1 Å². The number of nitrogens with one attached hydrogen (secondary N) is 1. The third-order valence-electron chi connectivity index (χ3n) is 4.31. The Kier molecular flexibility index (Phi) is 5.40. The lowest BCUT2D eigenvalue weighted by Crippen LogP contribution is -2.07. The van der Waals surface area contributed by atoms with Gasteiger partial charge >= 0.3 is 0 Å². The van der Waals surface area contributed by atoms with Gasteiger partial charge in [-0.05, 0) is 43.7 Å². The molecular weight excluding hydrogens is 376 g/mol. The molecule has 0 saturated heterocycles. The van der Waals surface area contributed by atoms with Crippen LogP contribution in [0, 0.1) is 13.8 Å². The molecule has 0 bridgehead atoms. The summed E-state index contributed by atoms with van der Waals surface area (Å²) in [5.41, 5.74) is 2.18. The molecule has 0 aliphatic heterocycles. The maximum Gasteiger partial charge on any atom is 0.164 e. The van der Waals surface area contributed by atoms with Crippen LogP contribution in [0.15, 0.2) is 47.3 Å². The molecule has 0 amide bonds. The average molecular weight is 397 g/mol. The highest BCUT2D eigenvalue weighted by molar-refractivity contribution is 7.98. The molecule has 0 aromatic carbocycles. The molecule has 5 nitrogen and oxygen atoms in total. The Hall–Kier alpha value is -2.38. The molecule has 7 heteroatoms. The molecule has 0 fully saturated rings. The van der Waals surface area contributed by atoms with Crippen LogP contribution in [0.5, 0.6) is 0 Å². The molecule has 0 unspecified atom stereocenters. The maximum atomic E-state index is 5.37. The van der Waals surface area contributed by atoms with Crippen LogP contribution in [0.1, 0.15) is 16.2 Å². The molecule has 0 aliphatic rings. The van der Waals surface area contributed by atoms with E-state index >= 15 is 0 Å². The van der Waals surface area contributed by atoms with Crippen LogP contribution in [0.25, 0.3) is 21.6 Å². The van der Waals surface area contributed by atoms with Gasteiger partial charge in [-0.3, -0.25) is 4.98 Å². The fraction of sp³-hybridized carbons (Fsp3) is 0.250. The van der Waals surface area contributed by atoms with Gasteiger partial charge in [0.1, 0.15) is 16.4 Å². The first-order valence-electron chi connectivity index (χ1n) is 8.74. The molecule has 4 aromatic rings. The van der Waals surface area contributed by atoms with E-state index in [0.29, 0.717) is 5.82 Å². The Morgan fingerprint density at radius 1 is 1.19 bits per heavy atom. The summed E-state index contributed by atoms with van der Waals surface area (Å²) < 4.78 is 5.37. The number of thioether (sulfide) groups is 1. The van der Waals surface area contributed by atoms with Crippen molar-refractivity contribution in [3.8, 4) is 11.4 Å². The minimum absolute atomic E-state index is 0.711. The number of fused-ring (bicyclic) bond motifs is 1. The van der Waals surface area contributed by atoms with E-state index in [-0.39, 0.29) is 0 Å². The first-order valence-corrected chi connectivity index (χ1v) is 10.7. The third kappa shape index (κ3) is 3.99. The second-order valence-electron chi connectivity index (χ2n) is 6.16. The number of hydrogen-bond donors (Lipinski definition) is 1. The Bertz CT molecular complexity index is 1030. The fourth-order valence-corrected chi connectivity index (χ4v) is 4.60. The summed E-state index contributed by atoms with van der Waals surface area (Å²) in [5.74, 6) is 4.47. The van der Waals surface area contributed by atoms with E-state index in [1.165, 1.54) is 10.4 Å². The maximum absolute atomic E-state index is 5.37. The summed E-state index contributed by atoms with van der Waals surface area (Å²) >= 11 is 3.55. The standard InChI is InChI=1S/C20H20N4OS2/c1-13-14(2)27-20-17(13)19(22-8-10-26-12-16-6-4-9-25-16)23-18(24-20)15-5-3-7-21-11-15/h3-7,9,11H,8,10,12H2,1-2H3,(H,22,23,24). The van der Waals surface area contributed by atoms with E-state index < -0.39 is 0 Å². The van der Waals surface area contributed by atoms with Crippen molar-refractivity contribution < 1.29 is 4.42 Å². The average Bonchev–Trinajstić information content (AvgIpc) is 3.30. The SMILES string of the molecule is Cc1sc2nc(-c3cccnc3)nc(NCCSCc3ccco3)c2c1C. The van der Waals surface area contributed by atoms with Crippen LogP contribution in [0.4, 0.5) is 5.82 Å². The van der Waals surface area contributed by atoms with Crippen molar-refractivity contribution in [3.63, 3.8) is 0 Å². The van der Waals surface area contributed by atoms with Crippen molar-refractivity contribution in [3.05, 3.63) is 59.1 Å². The Morgan fingerprint density at radius 3 is 2.89 bits per heavy atom. The van der Waals surface area contributed by atoms with Crippen molar-refractivity contribution in [2.24, 2.45) is 0 Å². The number of aryl methyl sites for hydroxylation is 2. The fourth-order valence-electron chi connectivity index (χ4n) is 2.81. The zero-order valence-corrected chi connectivity index (χ0v) is 16.9. The molecule has 4 heterocycles. The van der Waals surface area contributed by atoms with E-state index in [2.05, 4.69) is 24.1 Å². The predicted octanol–water partition coefficient (Wildman–Crippen LogP) is 5.31. The van der Waals surface area contributed by atoms with Crippen LogP contribution in [-0.2, 0) is 5.75 Å². The van der Waals surface area contributed by atoms with Gasteiger partial charge in [0, 0.05) is 35.1 Å². The number of aromatic nitrogens is 3. The topological polar surface area (TPSA) is 63.8 Å². The minimum Gasteiger partial charge on any atom is -0.468 e. The van der Waals surface area contributed by atoms with E-state index in [0.717, 1.165) is 45.4 Å². The molecule has 4 rings (SSSR count). The Morgan fingerprint density at radius 2 is 2.11 bits per heavy atom. The van der Waals surface area contributed by atoms with Crippen molar-refractivity contribution in [1.82, 2.24) is 15.0 Å². The van der Waals surface area contributed by atoms with E-state index in [1.54, 1.807) is 30.0 Å². The summed E-state index contributed by atoms with van der Waals surface area (Å²) in [7, 11) is 0.